The van der Waals surface area contributed by atoms with Gasteiger partial charge in [0.25, 0.3) is 0 Å². The van der Waals surface area contributed by atoms with Gasteiger partial charge in [0.05, 0.1) is 5.70 Å². The molecule has 5 heteroatoms. The van der Waals surface area contributed by atoms with E-state index >= 15 is 0 Å². The summed E-state index contributed by atoms with van der Waals surface area (Å²) < 4.78 is 21.0. The van der Waals surface area contributed by atoms with E-state index in [1.807, 2.05) is 43.5 Å². The number of rotatable bonds is 2. The van der Waals surface area contributed by atoms with Gasteiger partial charge in [0, 0.05) is 21.6 Å². The molecule has 1 unspecified atom stereocenters. The van der Waals surface area contributed by atoms with Gasteiger partial charge in [0.1, 0.15) is 17.6 Å². The summed E-state index contributed by atoms with van der Waals surface area (Å²) in [5.74, 6) is 0.500. The average molecular weight is 373 g/mol. The Labute approximate surface area is 141 Å². The molecule has 0 saturated carbocycles. The van der Waals surface area contributed by atoms with Crippen molar-refractivity contribution < 1.29 is 8.81 Å². The Kier molecular flexibility index (Phi) is 3.38. The maximum absolute atomic E-state index is 14.1. The van der Waals surface area contributed by atoms with Gasteiger partial charge in [-0.2, -0.15) is 0 Å². The largest absolute Gasteiger partial charge is 0.454 e. The minimum Gasteiger partial charge on any atom is -0.454 e. The lowest BCUT2D eigenvalue weighted by atomic mass is 10.1. The molecule has 0 fully saturated rings. The van der Waals surface area contributed by atoms with Crippen molar-refractivity contribution in [3.63, 3.8) is 0 Å². The highest BCUT2D eigenvalue weighted by atomic mass is 79.9. The molecule has 0 saturated heterocycles. The van der Waals surface area contributed by atoms with E-state index in [9.17, 15) is 4.39 Å². The zero-order valence-corrected chi connectivity index (χ0v) is 13.9. The van der Waals surface area contributed by atoms with Crippen molar-refractivity contribution in [2.75, 3.05) is 0 Å². The van der Waals surface area contributed by atoms with Gasteiger partial charge in [0.2, 0.25) is 0 Å². The van der Waals surface area contributed by atoms with Crippen molar-refractivity contribution in [3.05, 3.63) is 75.8 Å². The molecule has 0 spiro atoms. The molecule has 2 heterocycles. The number of halogens is 2. The predicted octanol–water partition coefficient (Wildman–Crippen LogP) is 4.83. The number of furan rings is 1. The van der Waals surface area contributed by atoms with Crippen LogP contribution in [0, 0.1) is 12.7 Å². The fourth-order valence-electron chi connectivity index (χ4n) is 2.86. The van der Waals surface area contributed by atoms with Gasteiger partial charge in [-0.25, -0.2) is 4.39 Å². The van der Waals surface area contributed by atoms with Crippen molar-refractivity contribution >= 4 is 32.6 Å². The van der Waals surface area contributed by atoms with Crippen LogP contribution in [0.1, 0.15) is 23.1 Å². The predicted molar refractivity (Wildman–Crippen MR) is 92.0 cm³/mol. The van der Waals surface area contributed by atoms with Crippen LogP contribution in [0.15, 0.2) is 57.6 Å². The fraction of sp³-hybridized carbons (Fsp3) is 0.111. The van der Waals surface area contributed by atoms with E-state index in [1.165, 1.54) is 6.07 Å². The zero-order valence-electron chi connectivity index (χ0n) is 12.4. The Balaban J connectivity index is 1.64. The van der Waals surface area contributed by atoms with Crippen LogP contribution in [0.25, 0.3) is 16.7 Å². The van der Waals surface area contributed by atoms with E-state index in [0.29, 0.717) is 5.56 Å². The number of fused-ring (bicyclic) bond motifs is 1. The third kappa shape index (κ3) is 2.51. The minimum atomic E-state index is -0.300. The number of benzene rings is 2. The van der Waals surface area contributed by atoms with Gasteiger partial charge >= 0.3 is 0 Å². The normalized spacial score (nSPS) is 17.0. The van der Waals surface area contributed by atoms with Crippen molar-refractivity contribution in [1.29, 1.82) is 0 Å². The second-order valence-electron chi connectivity index (χ2n) is 5.57. The Bertz CT molecular complexity index is 912. The maximum atomic E-state index is 14.1. The first-order valence-electron chi connectivity index (χ1n) is 7.29. The first-order valence-corrected chi connectivity index (χ1v) is 8.08. The number of aryl methyl sites for hydroxylation is 1. The standard InChI is InChI=1S/C18H14BrFN2O/c1-10-3-2-4-13(20)17(10)18-21-9-14(22-18)16-8-11-7-12(19)5-6-15(11)23-16/h2-9,18,21-22H,1H3. The van der Waals surface area contributed by atoms with Gasteiger partial charge in [-0.3, -0.25) is 0 Å². The lowest BCUT2D eigenvalue weighted by Gasteiger charge is -2.17. The van der Waals surface area contributed by atoms with Crippen molar-refractivity contribution in [1.82, 2.24) is 10.6 Å². The highest BCUT2D eigenvalue weighted by Gasteiger charge is 2.24. The Morgan fingerprint density at radius 1 is 1.17 bits per heavy atom. The molecular weight excluding hydrogens is 359 g/mol. The molecule has 0 radical (unpaired) electrons. The van der Waals surface area contributed by atoms with Crippen LogP contribution >= 0.6 is 15.9 Å². The van der Waals surface area contributed by atoms with Crippen LogP contribution in [-0.2, 0) is 0 Å². The molecule has 3 nitrogen and oxygen atoms in total. The molecule has 4 rings (SSSR count). The topological polar surface area (TPSA) is 37.2 Å². The first kappa shape index (κ1) is 14.3. The summed E-state index contributed by atoms with van der Waals surface area (Å²) in [7, 11) is 0. The third-order valence-electron chi connectivity index (χ3n) is 4.00. The van der Waals surface area contributed by atoms with E-state index in [0.717, 1.165) is 32.5 Å². The van der Waals surface area contributed by atoms with Crippen LogP contribution in [0.2, 0.25) is 0 Å². The quantitative estimate of drug-likeness (QED) is 0.676. The second kappa shape index (κ2) is 5.42. The molecule has 3 aromatic rings. The molecule has 2 N–H and O–H groups in total. The molecule has 116 valence electrons. The molecule has 0 aliphatic carbocycles. The highest BCUT2D eigenvalue weighted by molar-refractivity contribution is 9.10. The second-order valence-corrected chi connectivity index (χ2v) is 6.48. The van der Waals surface area contributed by atoms with Gasteiger partial charge < -0.3 is 15.1 Å². The molecule has 0 amide bonds. The SMILES string of the molecule is Cc1cccc(F)c1C1NC=C(c2cc3cc(Br)ccc3o2)N1. The van der Waals surface area contributed by atoms with E-state index in [1.54, 1.807) is 6.07 Å². The maximum Gasteiger partial charge on any atom is 0.152 e. The fourth-order valence-corrected chi connectivity index (χ4v) is 3.24. The van der Waals surface area contributed by atoms with Crippen LogP contribution in [0.4, 0.5) is 4.39 Å². The highest BCUT2D eigenvalue weighted by Crippen LogP contribution is 2.30. The van der Waals surface area contributed by atoms with E-state index in [2.05, 4.69) is 26.6 Å². The Morgan fingerprint density at radius 2 is 2.04 bits per heavy atom. The smallest absolute Gasteiger partial charge is 0.152 e. The summed E-state index contributed by atoms with van der Waals surface area (Å²) >= 11 is 3.46. The minimum absolute atomic E-state index is 0.224. The van der Waals surface area contributed by atoms with Crippen LogP contribution in [0.5, 0.6) is 0 Å². The number of hydrogen-bond donors (Lipinski definition) is 2. The molecule has 1 atom stereocenters. The summed E-state index contributed by atoms with van der Waals surface area (Å²) in [6.45, 7) is 1.90. The van der Waals surface area contributed by atoms with Gasteiger partial charge in [-0.15, -0.1) is 0 Å². The monoisotopic (exact) mass is 372 g/mol. The Hall–Kier alpha value is -2.27. The van der Waals surface area contributed by atoms with E-state index in [4.69, 9.17) is 4.42 Å². The molecular formula is C18H14BrFN2O. The van der Waals surface area contributed by atoms with Gasteiger partial charge in [-0.05, 0) is 42.8 Å². The molecule has 0 bridgehead atoms. The molecule has 1 aliphatic rings. The molecule has 23 heavy (non-hydrogen) atoms. The molecule has 1 aliphatic heterocycles. The summed E-state index contributed by atoms with van der Waals surface area (Å²) in [6, 6.07) is 12.9. The number of hydrogen-bond acceptors (Lipinski definition) is 3. The third-order valence-corrected chi connectivity index (χ3v) is 4.49. The first-order chi connectivity index (χ1) is 11.1. The van der Waals surface area contributed by atoms with Crippen molar-refractivity contribution in [2.45, 2.75) is 13.1 Å². The van der Waals surface area contributed by atoms with Crippen LogP contribution in [0.3, 0.4) is 0 Å². The Morgan fingerprint density at radius 3 is 2.87 bits per heavy atom. The summed E-state index contributed by atoms with van der Waals surface area (Å²) in [5, 5.41) is 7.48. The number of nitrogens with one attached hydrogen (secondary N) is 2. The summed E-state index contributed by atoms with van der Waals surface area (Å²) in [4.78, 5) is 0. The molecule has 1 aromatic heterocycles. The lowest BCUT2D eigenvalue weighted by Crippen LogP contribution is -2.24. The van der Waals surface area contributed by atoms with E-state index in [-0.39, 0.29) is 12.0 Å². The average Bonchev–Trinajstić information content (AvgIpc) is 3.13. The zero-order chi connectivity index (χ0) is 16.0. The van der Waals surface area contributed by atoms with Crippen molar-refractivity contribution in [2.24, 2.45) is 0 Å². The van der Waals surface area contributed by atoms with E-state index < -0.39 is 0 Å². The van der Waals surface area contributed by atoms with Gasteiger partial charge in [-0.1, -0.05) is 28.1 Å². The molecule has 2 aromatic carbocycles. The summed E-state index contributed by atoms with van der Waals surface area (Å²) in [6.07, 6.45) is 1.52. The summed E-state index contributed by atoms with van der Waals surface area (Å²) in [5.41, 5.74) is 3.15. The van der Waals surface area contributed by atoms with Crippen molar-refractivity contribution in [3.8, 4) is 0 Å². The van der Waals surface area contributed by atoms with Gasteiger partial charge in [0.15, 0.2) is 5.76 Å². The van der Waals surface area contributed by atoms with Crippen LogP contribution < -0.4 is 10.6 Å². The lowest BCUT2D eigenvalue weighted by molar-refractivity contribution is 0.533. The van der Waals surface area contributed by atoms with Crippen LogP contribution in [-0.4, -0.2) is 0 Å².